The first kappa shape index (κ1) is 12.6. The van der Waals surface area contributed by atoms with E-state index in [1.807, 2.05) is 0 Å². The van der Waals surface area contributed by atoms with Crippen molar-refractivity contribution in [2.75, 3.05) is 7.11 Å². The molecule has 0 atom stereocenters. The lowest BCUT2D eigenvalue weighted by Gasteiger charge is -2.08. The lowest BCUT2D eigenvalue weighted by Crippen LogP contribution is -2.08. The van der Waals surface area contributed by atoms with Gasteiger partial charge in [-0.05, 0) is 6.07 Å². The maximum Gasteiger partial charge on any atom is 0.339 e. The highest BCUT2D eigenvalue weighted by Gasteiger charge is 2.21. The molecule has 0 spiro atoms. The molecule has 0 aliphatic carbocycles. The van der Waals surface area contributed by atoms with Crippen molar-refractivity contribution in [2.45, 2.75) is 12.3 Å². The van der Waals surface area contributed by atoms with Crippen molar-refractivity contribution in [3.8, 4) is 5.75 Å². The lowest BCUT2D eigenvalue weighted by atomic mass is 10.1. The molecule has 0 aliphatic rings. The second-order valence-electron chi connectivity index (χ2n) is 2.81. The summed E-state index contributed by atoms with van der Waals surface area (Å²) in [5.74, 6) is -1.78. The van der Waals surface area contributed by atoms with E-state index < -0.39 is 23.8 Å². The van der Waals surface area contributed by atoms with Crippen LogP contribution in [0.3, 0.4) is 0 Å². The third-order valence-corrected chi connectivity index (χ3v) is 2.10. The molecule has 0 bridgehead atoms. The first-order valence-electron chi connectivity index (χ1n) is 4.16. The summed E-state index contributed by atoms with van der Waals surface area (Å²) >= 11 is 5.47. The van der Waals surface area contributed by atoms with Crippen LogP contribution < -0.4 is 0 Å². The van der Waals surface area contributed by atoms with E-state index >= 15 is 0 Å². The molecule has 0 radical (unpaired) electrons. The molecule has 88 valence electrons. The van der Waals surface area contributed by atoms with Crippen molar-refractivity contribution in [2.24, 2.45) is 0 Å². The van der Waals surface area contributed by atoms with Gasteiger partial charge >= 0.3 is 5.97 Å². The van der Waals surface area contributed by atoms with Gasteiger partial charge in [0.15, 0.2) is 0 Å². The summed E-state index contributed by atoms with van der Waals surface area (Å²) in [7, 11) is 1.12. The SMILES string of the molecule is COC(=O)c1cc(O)c(C(F)F)nc1CCl. The Balaban J connectivity index is 3.32. The number of aromatic hydroxyl groups is 1. The smallest absolute Gasteiger partial charge is 0.339 e. The van der Waals surface area contributed by atoms with Crippen LogP contribution in [0.5, 0.6) is 5.75 Å². The highest BCUT2D eigenvalue weighted by Crippen LogP contribution is 2.28. The molecule has 0 amide bonds. The second kappa shape index (κ2) is 5.07. The van der Waals surface area contributed by atoms with E-state index in [1.165, 1.54) is 0 Å². The van der Waals surface area contributed by atoms with Crippen molar-refractivity contribution in [3.05, 3.63) is 23.0 Å². The highest BCUT2D eigenvalue weighted by molar-refractivity contribution is 6.17. The quantitative estimate of drug-likeness (QED) is 0.661. The molecule has 1 aromatic heterocycles. The minimum atomic E-state index is -2.94. The molecule has 1 N–H and O–H groups in total. The number of methoxy groups -OCH3 is 1. The van der Waals surface area contributed by atoms with Gasteiger partial charge in [-0.15, -0.1) is 11.6 Å². The van der Waals surface area contributed by atoms with Crippen molar-refractivity contribution >= 4 is 17.6 Å². The number of ether oxygens (including phenoxy) is 1. The summed E-state index contributed by atoms with van der Waals surface area (Å²) < 4.78 is 29.2. The van der Waals surface area contributed by atoms with Gasteiger partial charge in [-0.25, -0.2) is 18.6 Å². The van der Waals surface area contributed by atoms with Crippen molar-refractivity contribution < 1.29 is 23.4 Å². The molecule has 0 aromatic carbocycles. The molecule has 0 saturated carbocycles. The van der Waals surface area contributed by atoms with Crippen LogP contribution in [0.4, 0.5) is 8.78 Å². The van der Waals surface area contributed by atoms with Crippen molar-refractivity contribution in [3.63, 3.8) is 0 Å². The van der Waals surface area contributed by atoms with E-state index in [9.17, 15) is 18.7 Å². The van der Waals surface area contributed by atoms with Gasteiger partial charge in [0.2, 0.25) is 0 Å². The molecule has 4 nitrogen and oxygen atoms in total. The Morgan fingerprint density at radius 3 is 2.75 bits per heavy atom. The number of carbonyl (C=O) groups excluding carboxylic acids is 1. The summed E-state index contributed by atoms with van der Waals surface area (Å²) in [6.07, 6.45) is -2.94. The van der Waals surface area contributed by atoms with Gasteiger partial charge in [0, 0.05) is 0 Å². The first-order valence-corrected chi connectivity index (χ1v) is 4.70. The van der Waals surface area contributed by atoms with Crippen LogP contribution in [0, 0.1) is 0 Å². The Morgan fingerprint density at radius 2 is 2.31 bits per heavy atom. The predicted octanol–water partition coefficient (Wildman–Crippen LogP) is 2.25. The minimum Gasteiger partial charge on any atom is -0.506 e. The molecule has 0 fully saturated rings. The standard InChI is InChI=1S/C9H8ClF2NO3/c1-16-9(15)4-2-6(14)7(8(11)12)13-5(4)3-10/h2,8,14H,3H2,1H3. The maximum atomic E-state index is 12.4. The number of esters is 1. The van der Waals surface area contributed by atoms with Crippen LogP contribution in [-0.4, -0.2) is 23.2 Å². The number of halogens is 3. The molecular formula is C9H8ClF2NO3. The van der Waals surface area contributed by atoms with E-state index in [2.05, 4.69) is 9.72 Å². The zero-order chi connectivity index (χ0) is 12.3. The minimum absolute atomic E-state index is 0.0541. The zero-order valence-electron chi connectivity index (χ0n) is 8.21. The Bertz CT molecular complexity index is 412. The average molecular weight is 252 g/mol. The summed E-state index contributed by atoms with van der Waals surface area (Å²) in [4.78, 5) is 14.6. The summed E-state index contributed by atoms with van der Waals surface area (Å²) in [5, 5.41) is 9.23. The van der Waals surface area contributed by atoms with Gasteiger partial charge in [-0.1, -0.05) is 0 Å². The van der Waals surface area contributed by atoms with E-state index in [4.69, 9.17) is 11.6 Å². The van der Waals surface area contributed by atoms with Crippen LogP contribution in [0.25, 0.3) is 0 Å². The van der Waals surface area contributed by atoms with Gasteiger partial charge < -0.3 is 9.84 Å². The number of aromatic nitrogens is 1. The number of pyridine rings is 1. The van der Waals surface area contributed by atoms with E-state index in [-0.39, 0.29) is 17.1 Å². The molecule has 0 aliphatic heterocycles. The number of hydrogen-bond acceptors (Lipinski definition) is 4. The average Bonchev–Trinajstić information content (AvgIpc) is 2.27. The van der Waals surface area contributed by atoms with Crippen LogP contribution in [0.15, 0.2) is 6.07 Å². The number of nitrogens with zero attached hydrogens (tertiary/aromatic N) is 1. The molecule has 7 heteroatoms. The Labute approximate surface area is 94.8 Å². The van der Waals surface area contributed by atoms with Gasteiger partial charge in [0.05, 0.1) is 24.2 Å². The first-order chi connectivity index (χ1) is 7.51. The monoisotopic (exact) mass is 251 g/mol. The lowest BCUT2D eigenvalue weighted by molar-refractivity contribution is 0.0597. The molecule has 16 heavy (non-hydrogen) atoms. The normalized spacial score (nSPS) is 10.6. The number of rotatable bonds is 3. The number of carbonyl (C=O) groups is 1. The molecular weight excluding hydrogens is 244 g/mol. The van der Waals surface area contributed by atoms with E-state index in [0.29, 0.717) is 0 Å². The highest BCUT2D eigenvalue weighted by atomic mass is 35.5. The largest absolute Gasteiger partial charge is 0.506 e. The van der Waals surface area contributed by atoms with Crippen LogP contribution in [0.1, 0.15) is 28.2 Å². The van der Waals surface area contributed by atoms with Gasteiger partial charge in [-0.2, -0.15) is 0 Å². The maximum absolute atomic E-state index is 12.4. The van der Waals surface area contributed by atoms with Gasteiger partial charge in [-0.3, -0.25) is 0 Å². The van der Waals surface area contributed by atoms with Crippen molar-refractivity contribution in [1.82, 2.24) is 4.98 Å². The summed E-state index contributed by atoms with van der Waals surface area (Å²) in [5.41, 5.74) is -0.982. The molecule has 1 rings (SSSR count). The topological polar surface area (TPSA) is 59.4 Å². The summed E-state index contributed by atoms with van der Waals surface area (Å²) in [6, 6.07) is 0.873. The van der Waals surface area contributed by atoms with Gasteiger partial charge in [0.1, 0.15) is 11.4 Å². The second-order valence-corrected chi connectivity index (χ2v) is 3.08. The Kier molecular flexibility index (Phi) is 4.00. The fraction of sp³-hybridized carbons (Fsp3) is 0.333. The Hall–Kier alpha value is -1.43. The zero-order valence-corrected chi connectivity index (χ0v) is 8.96. The number of hydrogen-bond donors (Lipinski definition) is 1. The van der Waals surface area contributed by atoms with Crippen LogP contribution >= 0.6 is 11.6 Å². The van der Waals surface area contributed by atoms with E-state index in [1.54, 1.807) is 0 Å². The van der Waals surface area contributed by atoms with Gasteiger partial charge in [0.25, 0.3) is 6.43 Å². The fourth-order valence-electron chi connectivity index (χ4n) is 1.11. The predicted molar refractivity (Wildman–Crippen MR) is 51.8 cm³/mol. The molecule has 1 aromatic rings. The third-order valence-electron chi connectivity index (χ3n) is 1.85. The number of alkyl halides is 3. The summed E-state index contributed by atoms with van der Waals surface area (Å²) in [6.45, 7) is 0. The van der Waals surface area contributed by atoms with E-state index in [0.717, 1.165) is 13.2 Å². The molecule has 0 saturated heterocycles. The molecule has 0 unspecified atom stereocenters. The third kappa shape index (κ3) is 2.38. The van der Waals surface area contributed by atoms with Crippen molar-refractivity contribution in [1.29, 1.82) is 0 Å². The fourth-order valence-corrected chi connectivity index (χ4v) is 1.31. The van der Waals surface area contributed by atoms with Crippen LogP contribution in [-0.2, 0) is 10.6 Å². The van der Waals surface area contributed by atoms with Crippen LogP contribution in [0.2, 0.25) is 0 Å². The Morgan fingerprint density at radius 1 is 1.69 bits per heavy atom. The molecule has 1 heterocycles.